The first kappa shape index (κ1) is 36.9. The Kier molecular flexibility index (Phi) is 12.4. The van der Waals surface area contributed by atoms with Gasteiger partial charge in [-0.2, -0.15) is 5.10 Å². The Morgan fingerprint density at radius 3 is 1.91 bits per heavy atom. The number of carbonyl (C=O) groups excluding carboxylic acids is 3. The molecule has 0 aliphatic heterocycles. The molecule has 250 valence electrons. The summed E-state index contributed by atoms with van der Waals surface area (Å²) in [6.07, 6.45) is -3.54. The van der Waals surface area contributed by atoms with Gasteiger partial charge < -0.3 is 34.5 Å². The third-order valence-electron chi connectivity index (χ3n) is 5.47. The number of aliphatic carboxylic acids is 1. The summed E-state index contributed by atoms with van der Waals surface area (Å²) in [4.78, 5) is 50.1. The van der Waals surface area contributed by atoms with Crippen molar-refractivity contribution < 1.29 is 48.3 Å². The lowest BCUT2D eigenvalue weighted by Crippen LogP contribution is -2.43. The fraction of sp³-hybridized carbons (Fsp3) is 0.581. The van der Waals surface area contributed by atoms with Gasteiger partial charge in [-0.1, -0.05) is 0 Å². The Bertz CT molecular complexity index is 1290. The number of aromatic nitrogens is 2. The van der Waals surface area contributed by atoms with Crippen LogP contribution in [0.3, 0.4) is 0 Å². The predicted octanol–water partition coefficient (Wildman–Crippen LogP) is 4.96. The van der Waals surface area contributed by atoms with Crippen LogP contribution in [-0.2, 0) is 32.1 Å². The van der Waals surface area contributed by atoms with E-state index in [4.69, 9.17) is 24.1 Å². The molecule has 14 nitrogen and oxygen atoms in total. The fourth-order valence-corrected chi connectivity index (χ4v) is 3.62. The molecule has 1 atom stereocenters. The van der Waals surface area contributed by atoms with E-state index in [9.17, 15) is 24.3 Å². The fourth-order valence-electron chi connectivity index (χ4n) is 3.62. The number of aryl methyl sites for hydroxylation is 1. The van der Waals surface area contributed by atoms with Crippen molar-refractivity contribution >= 4 is 24.2 Å². The molecule has 0 aliphatic carbocycles. The van der Waals surface area contributed by atoms with Crippen LogP contribution in [0.2, 0.25) is 0 Å². The Morgan fingerprint density at radius 1 is 0.889 bits per heavy atom. The van der Waals surface area contributed by atoms with Crippen LogP contribution in [0.5, 0.6) is 5.75 Å². The molecule has 14 heteroatoms. The summed E-state index contributed by atoms with van der Waals surface area (Å²) in [6.45, 7) is 15.4. The summed E-state index contributed by atoms with van der Waals surface area (Å²) in [6, 6.07) is 8.31. The molecule has 0 bridgehead atoms. The number of benzene rings is 1. The van der Waals surface area contributed by atoms with Crippen LogP contribution in [0, 0.1) is 0 Å². The predicted molar refractivity (Wildman–Crippen MR) is 164 cm³/mol. The zero-order valence-electron chi connectivity index (χ0n) is 27.5. The molecule has 1 aromatic heterocycles. The van der Waals surface area contributed by atoms with Gasteiger partial charge in [0.25, 0.3) is 0 Å². The van der Waals surface area contributed by atoms with Gasteiger partial charge in [-0.25, -0.2) is 24.1 Å². The minimum absolute atomic E-state index is 0.218. The lowest BCUT2D eigenvalue weighted by molar-refractivity contribution is -0.148. The Labute approximate surface area is 263 Å². The molecule has 3 N–H and O–H groups in total. The van der Waals surface area contributed by atoms with Crippen molar-refractivity contribution in [1.82, 2.24) is 20.0 Å². The molecule has 0 spiro atoms. The summed E-state index contributed by atoms with van der Waals surface area (Å²) in [5.74, 6) is -1.05. The standard InChI is InChI=1S/C31H46N4O10/c1-29(2,3)43-26(39)32-15-10-16-35-21(18-34(27(40)44-30(4,5)6)28(41)45-31(7,8)9)17-23(33-35)20-11-13-22(14-12-20)42-19-24(36)25(37)38/h11-14,17,24,36H,10,15-16,18-19H2,1-9H3,(H,32,39)(H,37,38)/t24-/m1/s1. The number of amides is 3. The molecule has 0 radical (unpaired) electrons. The summed E-state index contributed by atoms with van der Waals surface area (Å²) >= 11 is 0. The van der Waals surface area contributed by atoms with Crippen molar-refractivity contribution in [2.75, 3.05) is 13.2 Å². The van der Waals surface area contributed by atoms with Gasteiger partial charge in [-0.15, -0.1) is 0 Å². The van der Waals surface area contributed by atoms with Gasteiger partial charge in [0.05, 0.1) is 17.9 Å². The van der Waals surface area contributed by atoms with Gasteiger partial charge in [0.2, 0.25) is 0 Å². The molecule has 0 aliphatic rings. The monoisotopic (exact) mass is 634 g/mol. The number of nitrogens with zero attached hydrogens (tertiary/aromatic N) is 3. The highest BCUT2D eigenvalue weighted by Crippen LogP contribution is 2.25. The molecular weight excluding hydrogens is 588 g/mol. The van der Waals surface area contributed by atoms with Gasteiger partial charge in [0.1, 0.15) is 29.2 Å². The minimum atomic E-state index is -1.66. The smallest absolute Gasteiger partial charge is 0.420 e. The van der Waals surface area contributed by atoms with Gasteiger partial charge in [-0.3, -0.25) is 4.68 Å². The van der Waals surface area contributed by atoms with E-state index in [2.05, 4.69) is 10.4 Å². The Hall–Kier alpha value is -4.33. The molecule has 1 aromatic carbocycles. The highest BCUT2D eigenvalue weighted by Gasteiger charge is 2.32. The first-order chi connectivity index (χ1) is 20.6. The number of imide groups is 1. The van der Waals surface area contributed by atoms with Gasteiger partial charge in [-0.05, 0) is 99.1 Å². The highest BCUT2D eigenvalue weighted by atomic mass is 16.6. The van der Waals surface area contributed by atoms with Crippen molar-refractivity contribution in [1.29, 1.82) is 0 Å². The van der Waals surface area contributed by atoms with E-state index >= 15 is 0 Å². The number of ether oxygens (including phenoxy) is 4. The number of alkyl carbamates (subject to hydrolysis) is 1. The maximum absolute atomic E-state index is 13.2. The van der Waals surface area contributed by atoms with Crippen molar-refractivity contribution in [3.05, 3.63) is 36.0 Å². The molecule has 2 rings (SSSR count). The van der Waals surface area contributed by atoms with Crippen molar-refractivity contribution in [3.8, 4) is 17.0 Å². The summed E-state index contributed by atoms with van der Waals surface area (Å²) < 4.78 is 23.2. The molecule has 0 saturated heterocycles. The summed E-state index contributed by atoms with van der Waals surface area (Å²) in [5.41, 5.74) is -0.730. The topological polar surface area (TPSA) is 179 Å². The highest BCUT2D eigenvalue weighted by molar-refractivity contribution is 5.88. The number of hydrogen-bond donors (Lipinski definition) is 3. The molecule has 2 aromatic rings. The average molecular weight is 635 g/mol. The van der Waals surface area contributed by atoms with Crippen LogP contribution in [-0.4, -0.2) is 85.2 Å². The molecule has 0 saturated carbocycles. The third-order valence-corrected chi connectivity index (χ3v) is 5.47. The molecule has 45 heavy (non-hydrogen) atoms. The maximum atomic E-state index is 13.2. The Balaban J connectivity index is 2.36. The first-order valence-electron chi connectivity index (χ1n) is 14.5. The van der Waals surface area contributed by atoms with Crippen LogP contribution in [0.4, 0.5) is 14.4 Å². The van der Waals surface area contributed by atoms with Crippen molar-refractivity contribution in [2.45, 2.75) is 105 Å². The second-order valence-electron chi connectivity index (χ2n) is 13.3. The maximum Gasteiger partial charge on any atom is 0.420 e. The van der Waals surface area contributed by atoms with Crippen LogP contribution >= 0.6 is 0 Å². The van der Waals surface area contributed by atoms with Gasteiger partial charge in [0, 0.05) is 18.7 Å². The third kappa shape index (κ3) is 13.5. The molecule has 3 amide bonds. The molecule has 1 heterocycles. The van der Waals surface area contributed by atoms with E-state index < -0.39 is 53.8 Å². The van der Waals surface area contributed by atoms with Crippen LogP contribution in [0.25, 0.3) is 11.3 Å². The largest absolute Gasteiger partial charge is 0.490 e. The zero-order chi connectivity index (χ0) is 34.2. The number of hydrogen-bond acceptors (Lipinski definition) is 10. The number of carboxylic acids is 1. The number of nitrogens with one attached hydrogen (secondary N) is 1. The molecule has 0 fully saturated rings. The SMILES string of the molecule is CC(C)(C)OC(=O)NCCCn1nc(-c2ccc(OC[C@@H](O)C(=O)O)cc2)cc1CN(C(=O)OC(C)(C)C)C(=O)OC(C)(C)C. The minimum Gasteiger partial charge on any atom is -0.490 e. The number of rotatable bonds is 11. The van der Waals surface area contributed by atoms with E-state index in [1.165, 1.54) is 0 Å². The number of aliphatic hydroxyl groups is 1. The lowest BCUT2D eigenvalue weighted by Gasteiger charge is -2.28. The van der Waals surface area contributed by atoms with Gasteiger partial charge >= 0.3 is 24.2 Å². The number of carbonyl (C=O) groups is 4. The normalized spacial score (nSPS) is 12.6. The zero-order valence-corrected chi connectivity index (χ0v) is 27.5. The van der Waals surface area contributed by atoms with Crippen LogP contribution < -0.4 is 10.1 Å². The summed E-state index contributed by atoms with van der Waals surface area (Å²) in [5, 5.41) is 25.7. The van der Waals surface area contributed by atoms with Crippen LogP contribution in [0.15, 0.2) is 30.3 Å². The first-order valence-corrected chi connectivity index (χ1v) is 14.5. The second kappa shape index (κ2) is 15.1. The van der Waals surface area contributed by atoms with E-state index in [0.717, 1.165) is 4.90 Å². The van der Waals surface area contributed by atoms with E-state index in [1.54, 1.807) is 97.3 Å². The molecule has 0 unspecified atom stereocenters. The van der Waals surface area contributed by atoms with E-state index in [-0.39, 0.29) is 13.1 Å². The van der Waals surface area contributed by atoms with E-state index in [0.29, 0.717) is 35.7 Å². The van der Waals surface area contributed by atoms with Crippen molar-refractivity contribution in [3.63, 3.8) is 0 Å². The van der Waals surface area contributed by atoms with Gasteiger partial charge in [0.15, 0.2) is 6.10 Å². The second-order valence-corrected chi connectivity index (χ2v) is 13.3. The van der Waals surface area contributed by atoms with Crippen molar-refractivity contribution in [2.24, 2.45) is 0 Å². The average Bonchev–Trinajstić information content (AvgIpc) is 3.28. The Morgan fingerprint density at radius 2 is 1.42 bits per heavy atom. The summed E-state index contributed by atoms with van der Waals surface area (Å²) in [7, 11) is 0. The van der Waals surface area contributed by atoms with E-state index in [1.807, 2.05) is 0 Å². The quantitative estimate of drug-likeness (QED) is 0.225. The lowest BCUT2D eigenvalue weighted by atomic mass is 10.1. The molecular formula is C31H46N4O10. The number of aliphatic hydroxyl groups excluding tert-OH is 1. The van der Waals surface area contributed by atoms with Crippen LogP contribution in [0.1, 0.15) is 74.4 Å². The number of carboxylic acid groups (broad SMARTS) is 1.